The molecular formula is C29H24N2O2S. The normalized spacial score (nSPS) is 11.9. The minimum Gasteiger partial charge on any atom is -0.411 e. The third kappa shape index (κ3) is 3.99. The van der Waals surface area contributed by atoms with Gasteiger partial charge in [-0.15, -0.1) is 0 Å². The quantitative estimate of drug-likeness (QED) is 0.123. The molecule has 0 amide bonds. The van der Waals surface area contributed by atoms with Gasteiger partial charge >= 0.3 is 0 Å². The maximum Gasteiger partial charge on any atom is 0.193 e. The number of aryl methyl sites for hydroxylation is 1. The molecule has 0 saturated heterocycles. The van der Waals surface area contributed by atoms with Crippen LogP contribution in [-0.2, 0) is 6.54 Å². The van der Waals surface area contributed by atoms with Crippen molar-refractivity contribution in [1.82, 2.24) is 4.57 Å². The first-order chi connectivity index (χ1) is 16.6. The maximum atomic E-state index is 13.3. The van der Waals surface area contributed by atoms with Crippen LogP contribution in [0.4, 0.5) is 0 Å². The van der Waals surface area contributed by atoms with Crippen molar-refractivity contribution in [1.29, 1.82) is 0 Å². The lowest BCUT2D eigenvalue weighted by atomic mass is 10.0. The molecule has 4 aromatic carbocycles. The summed E-state index contributed by atoms with van der Waals surface area (Å²) in [6.45, 7) is 4.70. The Hall–Kier alpha value is -3.83. The van der Waals surface area contributed by atoms with Gasteiger partial charge in [0, 0.05) is 49.3 Å². The second-order valence-corrected chi connectivity index (χ2v) is 9.31. The van der Waals surface area contributed by atoms with Gasteiger partial charge in [-0.05, 0) is 86.1 Å². The van der Waals surface area contributed by atoms with Gasteiger partial charge in [0.05, 0.1) is 5.71 Å². The summed E-state index contributed by atoms with van der Waals surface area (Å²) < 4.78 is 2.24. The van der Waals surface area contributed by atoms with Gasteiger partial charge in [0.25, 0.3) is 0 Å². The second kappa shape index (κ2) is 9.20. The molecule has 1 N–H and O–H groups in total. The molecule has 0 saturated carbocycles. The molecule has 0 radical (unpaired) electrons. The fourth-order valence-electron chi connectivity index (χ4n) is 4.33. The standard InChI is InChI=1S/C29H24N2O2S/c1-3-31-27-15-11-21(19(2)30-33)17-25(27)26-18-22(12-16-28(26)31)29(32)20-9-13-24(14-10-20)34-23-7-5-4-6-8-23/h4-18,33H,3H2,1-2H3/b30-19-. The molecule has 34 heavy (non-hydrogen) atoms. The minimum atomic E-state index is -0.000171. The van der Waals surface area contributed by atoms with E-state index in [1.165, 1.54) is 4.90 Å². The summed E-state index contributed by atoms with van der Waals surface area (Å²) >= 11 is 1.68. The summed E-state index contributed by atoms with van der Waals surface area (Å²) in [5.41, 5.74) is 4.91. The van der Waals surface area contributed by atoms with Crippen molar-refractivity contribution in [2.45, 2.75) is 30.2 Å². The van der Waals surface area contributed by atoms with E-state index < -0.39 is 0 Å². The lowest BCUT2D eigenvalue weighted by Crippen LogP contribution is -2.01. The number of rotatable bonds is 6. The number of hydrogen-bond donors (Lipinski definition) is 1. The van der Waals surface area contributed by atoms with Crippen LogP contribution in [-0.4, -0.2) is 21.3 Å². The molecule has 1 aromatic heterocycles. The smallest absolute Gasteiger partial charge is 0.193 e. The Kier molecular flexibility index (Phi) is 5.95. The zero-order valence-electron chi connectivity index (χ0n) is 19.0. The zero-order valence-corrected chi connectivity index (χ0v) is 19.8. The Morgan fingerprint density at radius 2 is 1.35 bits per heavy atom. The van der Waals surface area contributed by atoms with Crippen LogP contribution in [0.1, 0.15) is 35.3 Å². The van der Waals surface area contributed by atoms with Crippen molar-refractivity contribution >= 4 is 45.1 Å². The van der Waals surface area contributed by atoms with Crippen molar-refractivity contribution in [3.63, 3.8) is 0 Å². The Balaban J connectivity index is 1.52. The third-order valence-corrected chi connectivity index (χ3v) is 7.12. The molecule has 0 fully saturated rings. The lowest BCUT2D eigenvalue weighted by molar-refractivity contribution is 0.103. The molecule has 168 valence electrons. The second-order valence-electron chi connectivity index (χ2n) is 8.16. The number of aromatic nitrogens is 1. The van der Waals surface area contributed by atoms with Crippen molar-refractivity contribution in [2.75, 3.05) is 0 Å². The highest BCUT2D eigenvalue weighted by molar-refractivity contribution is 7.99. The highest BCUT2D eigenvalue weighted by atomic mass is 32.2. The summed E-state index contributed by atoms with van der Waals surface area (Å²) in [4.78, 5) is 15.6. The molecule has 4 nitrogen and oxygen atoms in total. The monoisotopic (exact) mass is 464 g/mol. The molecule has 0 spiro atoms. The van der Waals surface area contributed by atoms with Gasteiger partial charge < -0.3 is 9.77 Å². The Labute approximate surface area is 202 Å². The average Bonchev–Trinajstić information content (AvgIpc) is 3.21. The molecule has 5 heteroatoms. The van der Waals surface area contributed by atoms with Gasteiger partial charge in [0.1, 0.15) is 0 Å². The summed E-state index contributed by atoms with van der Waals surface area (Å²) in [5, 5.41) is 14.6. The van der Waals surface area contributed by atoms with Gasteiger partial charge in [0.2, 0.25) is 0 Å². The SMILES string of the molecule is CCn1c2ccc(C(=O)c3ccc(Sc4ccccc4)cc3)cc2c2cc(/C(C)=N\O)ccc21. The van der Waals surface area contributed by atoms with Crippen LogP contribution in [0, 0.1) is 0 Å². The van der Waals surface area contributed by atoms with Gasteiger partial charge in [-0.2, -0.15) is 0 Å². The molecule has 0 bridgehead atoms. The number of fused-ring (bicyclic) bond motifs is 3. The van der Waals surface area contributed by atoms with E-state index >= 15 is 0 Å². The van der Waals surface area contributed by atoms with Crippen LogP contribution in [0.5, 0.6) is 0 Å². The van der Waals surface area contributed by atoms with E-state index in [2.05, 4.69) is 28.8 Å². The van der Waals surface area contributed by atoms with Crippen molar-refractivity contribution in [3.05, 3.63) is 108 Å². The highest BCUT2D eigenvalue weighted by Crippen LogP contribution is 2.32. The van der Waals surface area contributed by atoms with Crippen molar-refractivity contribution in [2.24, 2.45) is 5.16 Å². The topological polar surface area (TPSA) is 54.6 Å². The molecule has 0 aliphatic rings. The first-order valence-corrected chi connectivity index (χ1v) is 12.0. The number of carbonyl (C=O) groups excluding carboxylic acids is 1. The molecule has 0 atom stereocenters. The van der Waals surface area contributed by atoms with Crippen LogP contribution < -0.4 is 0 Å². The number of ketones is 1. The lowest BCUT2D eigenvalue weighted by Gasteiger charge is -2.06. The van der Waals surface area contributed by atoms with Crippen LogP contribution in [0.25, 0.3) is 21.8 Å². The van der Waals surface area contributed by atoms with Gasteiger partial charge in [-0.1, -0.05) is 41.2 Å². The average molecular weight is 465 g/mol. The van der Waals surface area contributed by atoms with E-state index in [0.29, 0.717) is 16.8 Å². The molecule has 5 rings (SSSR count). The number of oxime groups is 1. The van der Waals surface area contributed by atoms with Gasteiger partial charge in [-0.25, -0.2) is 0 Å². The van der Waals surface area contributed by atoms with Crippen molar-refractivity contribution in [3.8, 4) is 0 Å². The van der Waals surface area contributed by atoms with Crippen LogP contribution in [0.15, 0.2) is 106 Å². The van der Waals surface area contributed by atoms with E-state index in [4.69, 9.17) is 0 Å². The zero-order chi connectivity index (χ0) is 23.7. The molecule has 1 heterocycles. The fraction of sp³-hybridized carbons (Fsp3) is 0.103. The van der Waals surface area contributed by atoms with E-state index in [1.54, 1.807) is 18.7 Å². The van der Waals surface area contributed by atoms with Gasteiger partial charge in [-0.3, -0.25) is 4.79 Å². The van der Waals surface area contributed by atoms with E-state index in [0.717, 1.165) is 38.8 Å². The predicted octanol–water partition coefficient (Wildman–Crippen LogP) is 7.39. The van der Waals surface area contributed by atoms with Crippen LogP contribution >= 0.6 is 11.8 Å². The number of carbonyl (C=O) groups is 1. The minimum absolute atomic E-state index is 0.000171. The highest BCUT2D eigenvalue weighted by Gasteiger charge is 2.15. The number of benzene rings is 4. The van der Waals surface area contributed by atoms with Crippen LogP contribution in [0.3, 0.4) is 0 Å². The largest absolute Gasteiger partial charge is 0.411 e. The molecule has 5 aromatic rings. The van der Waals surface area contributed by atoms with E-state index in [-0.39, 0.29) is 5.78 Å². The van der Waals surface area contributed by atoms with Crippen molar-refractivity contribution < 1.29 is 10.0 Å². The first kappa shape index (κ1) is 22.0. The maximum absolute atomic E-state index is 13.3. The fourth-order valence-corrected chi connectivity index (χ4v) is 5.17. The summed E-state index contributed by atoms with van der Waals surface area (Å²) in [7, 11) is 0. The van der Waals surface area contributed by atoms with Gasteiger partial charge in [0.15, 0.2) is 5.78 Å². The first-order valence-electron chi connectivity index (χ1n) is 11.2. The van der Waals surface area contributed by atoms with E-state index in [9.17, 15) is 10.0 Å². The predicted molar refractivity (Wildman–Crippen MR) is 140 cm³/mol. The third-order valence-electron chi connectivity index (χ3n) is 6.11. The molecular weight excluding hydrogens is 440 g/mol. The number of nitrogens with zero attached hydrogens (tertiary/aromatic N) is 2. The molecule has 0 unspecified atom stereocenters. The summed E-state index contributed by atoms with van der Waals surface area (Å²) in [6, 6.07) is 29.9. The molecule has 0 aliphatic carbocycles. The number of hydrogen-bond acceptors (Lipinski definition) is 4. The van der Waals surface area contributed by atoms with E-state index in [1.807, 2.05) is 78.9 Å². The molecule has 0 aliphatic heterocycles. The Morgan fingerprint density at radius 1 is 0.794 bits per heavy atom. The Bertz CT molecular complexity index is 1530. The summed E-state index contributed by atoms with van der Waals surface area (Å²) in [5.74, 6) is -0.000171. The Morgan fingerprint density at radius 3 is 1.97 bits per heavy atom. The summed E-state index contributed by atoms with van der Waals surface area (Å²) in [6.07, 6.45) is 0. The van der Waals surface area contributed by atoms with Crippen LogP contribution in [0.2, 0.25) is 0 Å².